The number of halogens is 2. The van der Waals surface area contributed by atoms with Gasteiger partial charge < -0.3 is 78.7 Å². The molecule has 20 nitrogen and oxygen atoms in total. The number of aliphatic hydroxyl groups is 6. The second-order valence-corrected chi connectivity index (χ2v) is 22.8. The summed E-state index contributed by atoms with van der Waals surface area (Å²) < 4.78 is 41.1. The molecule has 0 radical (unpaired) electrons. The number of rotatable bonds is 9. The van der Waals surface area contributed by atoms with E-state index in [2.05, 4.69) is 9.80 Å². The van der Waals surface area contributed by atoms with Crippen LogP contribution in [-0.4, -0.2) is 173 Å². The minimum Gasteiger partial charge on any atom is -0.481 e. The summed E-state index contributed by atoms with van der Waals surface area (Å²) in [6, 6.07) is 7.23. The summed E-state index contributed by atoms with van der Waals surface area (Å²) in [6.07, 6.45) is -2.95. The number of ether oxygens (including phenoxy) is 7. The molecule has 12 atom stereocenters. The Labute approximate surface area is 437 Å². The maximum absolute atomic E-state index is 13.6. The Balaban J connectivity index is 0.000000176. The Hall–Kier alpha value is -4.42. The van der Waals surface area contributed by atoms with Crippen LogP contribution in [-0.2, 0) is 79.7 Å². The van der Waals surface area contributed by atoms with Crippen molar-refractivity contribution in [2.75, 3.05) is 32.5 Å². The molecule has 0 unspecified atom stereocenters. The van der Waals surface area contributed by atoms with Gasteiger partial charge in [-0.05, 0) is 111 Å². The van der Waals surface area contributed by atoms with Gasteiger partial charge in [0.05, 0.1) is 40.6 Å². The molecular weight excluding hydrogens is 1010 g/mol. The molecule has 7 N–H and O–H groups in total. The predicted octanol–water partition coefficient (Wildman–Crippen LogP) is 2.09. The number of carbonyl (C=O) groups is 4. The van der Waals surface area contributed by atoms with Gasteiger partial charge in [0.2, 0.25) is 0 Å². The molecule has 4 aliphatic carbocycles. The third-order valence-electron chi connectivity index (χ3n) is 16.5. The summed E-state index contributed by atoms with van der Waals surface area (Å²) >= 11 is 9.53. The number of likely N-dealkylation sites (tertiary alicyclic amines) is 2. The average molecular weight is 1080 g/mol. The highest BCUT2D eigenvalue weighted by atomic mass is 35.5. The molecule has 0 aromatic heterocycles. The molecule has 3 saturated heterocycles. The number of carboxylic acid groups (broad SMARTS) is 1. The van der Waals surface area contributed by atoms with E-state index in [0.717, 1.165) is 28.8 Å². The van der Waals surface area contributed by atoms with E-state index < -0.39 is 93.9 Å². The van der Waals surface area contributed by atoms with Crippen LogP contribution in [0.4, 0.5) is 0 Å². The van der Waals surface area contributed by atoms with Gasteiger partial charge in [0.15, 0.2) is 42.4 Å². The smallest absolute Gasteiger partial charge is 0.343 e. The highest BCUT2D eigenvalue weighted by Crippen LogP contribution is 2.66. The second kappa shape index (κ2) is 19.2. The van der Waals surface area contributed by atoms with Crippen LogP contribution in [0.2, 0.25) is 0 Å². The number of aliphatic carboxylic acids is 1. The predicted molar refractivity (Wildman–Crippen MR) is 260 cm³/mol. The van der Waals surface area contributed by atoms with E-state index >= 15 is 0 Å². The second-order valence-electron chi connectivity index (χ2n) is 22.0. The van der Waals surface area contributed by atoms with E-state index in [-0.39, 0.29) is 55.0 Å². The number of aliphatic hydroxyl groups excluding tert-OH is 4. The molecule has 2 aromatic rings. The first-order valence-electron chi connectivity index (χ1n) is 24.6. The van der Waals surface area contributed by atoms with Gasteiger partial charge in [-0.1, -0.05) is 24.3 Å². The van der Waals surface area contributed by atoms with Crippen LogP contribution in [0.15, 0.2) is 47.9 Å². The lowest BCUT2D eigenvalue weighted by molar-refractivity contribution is -0.180. The quantitative estimate of drug-likeness (QED) is 0.108. The Kier molecular flexibility index (Phi) is 14.1. The SMILES string of the molecule is CN1CC[C@]23c4c5ccc(CO)c4O[C@H]2C(OC(=O)[C@@H]2OC(C)(C)O[C@H]2C(=O)OC(C)(C)C)=CC[C@@]3(O)[C@H]1C5.CN1CC[C@]23c4c5ccc(CO)c4O[C@H]2C(OC(=O)[C@H](O)[C@@H](O)C(=O)O)=CC[C@@]3(O)[C@H]1C5.ClCCl. The third-order valence-corrected chi connectivity index (χ3v) is 16.5. The zero-order valence-electron chi connectivity index (χ0n) is 42.1. The van der Waals surface area contributed by atoms with E-state index in [0.29, 0.717) is 54.9 Å². The van der Waals surface area contributed by atoms with Crippen molar-refractivity contribution in [1.82, 2.24) is 9.80 Å². The number of alkyl halides is 2. The zero-order valence-corrected chi connectivity index (χ0v) is 43.6. The van der Waals surface area contributed by atoms with Crippen LogP contribution in [0.5, 0.6) is 11.5 Å². The Morgan fingerprint density at radius 3 is 1.58 bits per heavy atom. The first-order chi connectivity index (χ1) is 34.8. The van der Waals surface area contributed by atoms with Crippen molar-refractivity contribution < 1.29 is 88.1 Å². The van der Waals surface area contributed by atoms with Crippen molar-refractivity contribution in [3.8, 4) is 11.5 Å². The van der Waals surface area contributed by atoms with Crippen molar-refractivity contribution in [3.05, 3.63) is 81.3 Å². The van der Waals surface area contributed by atoms with Gasteiger partial charge in [0, 0.05) is 47.2 Å². The topological polar surface area (TPSA) is 281 Å². The summed E-state index contributed by atoms with van der Waals surface area (Å²) in [6.45, 7) is 9.33. The number of carbonyl (C=O) groups excluding carboxylic acids is 3. The van der Waals surface area contributed by atoms with Crippen molar-refractivity contribution in [1.29, 1.82) is 0 Å². The molecule has 22 heteroatoms. The molecule has 5 aliphatic heterocycles. The van der Waals surface area contributed by atoms with Crippen LogP contribution in [0.3, 0.4) is 0 Å². The number of hydrogen-bond acceptors (Lipinski definition) is 19. The Morgan fingerprint density at radius 2 is 1.16 bits per heavy atom. The molecule has 2 spiro atoms. The fraction of sp³-hybridized carbons (Fsp3) is 0.615. The normalized spacial score (nSPS) is 34.0. The Morgan fingerprint density at radius 1 is 0.730 bits per heavy atom. The number of benzene rings is 2. The number of nitrogens with zero attached hydrogens (tertiary/aromatic N) is 2. The van der Waals surface area contributed by atoms with E-state index in [9.17, 15) is 49.8 Å². The molecule has 0 saturated carbocycles. The lowest BCUT2D eigenvalue weighted by Gasteiger charge is -2.61. The van der Waals surface area contributed by atoms with E-state index in [4.69, 9.17) is 61.5 Å². The minimum absolute atomic E-state index is 0.0487. The van der Waals surface area contributed by atoms with E-state index in [1.807, 2.05) is 32.3 Å². The largest absolute Gasteiger partial charge is 0.481 e. The minimum atomic E-state index is -2.33. The third kappa shape index (κ3) is 8.25. The van der Waals surface area contributed by atoms with Gasteiger partial charge in [0.1, 0.15) is 28.6 Å². The number of esters is 3. The number of carboxylic acids is 1. The van der Waals surface area contributed by atoms with Crippen LogP contribution in [0.25, 0.3) is 0 Å². The van der Waals surface area contributed by atoms with Crippen molar-refractivity contribution >= 4 is 47.1 Å². The monoisotopic (exact) mass is 1070 g/mol. The van der Waals surface area contributed by atoms with Crippen LogP contribution < -0.4 is 9.47 Å². The van der Waals surface area contributed by atoms with E-state index in [1.54, 1.807) is 46.8 Å². The molecule has 4 bridgehead atoms. The lowest BCUT2D eigenvalue weighted by Crippen LogP contribution is -2.74. The summed E-state index contributed by atoms with van der Waals surface area (Å²) in [4.78, 5) is 54.1. The number of likely N-dealkylation sites (N-methyl/N-ethyl adjacent to an activating group) is 2. The van der Waals surface area contributed by atoms with Gasteiger partial charge in [-0.25, -0.2) is 19.2 Å². The number of hydrogen-bond donors (Lipinski definition) is 7. The molecule has 0 amide bonds. The fourth-order valence-corrected chi connectivity index (χ4v) is 13.3. The van der Waals surface area contributed by atoms with Gasteiger partial charge >= 0.3 is 23.9 Å². The molecule has 9 aliphatic rings. The average Bonchev–Trinajstić information content (AvgIpc) is 4.00. The lowest BCUT2D eigenvalue weighted by atomic mass is 9.50. The van der Waals surface area contributed by atoms with Gasteiger partial charge in [-0.15, -0.1) is 23.2 Å². The van der Waals surface area contributed by atoms with Gasteiger partial charge in [-0.3, -0.25) is 0 Å². The molecular formula is C52H64Cl2N2O18. The Bertz CT molecular complexity index is 2690. The van der Waals surface area contributed by atoms with Crippen LogP contribution in [0, 0.1) is 0 Å². The maximum Gasteiger partial charge on any atom is 0.343 e. The van der Waals surface area contributed by atoms with Gasteiger partial charge in [-0.2, -0.15) is 0 Å². The molecule has 404 valence electrons. The van der Waals surface area contributed by atoms with E-state index in [1.165, 1.54) is 6.08 Å². The fourth-order valence-electron chi connectivity index (χ4n) is 13.3. The molecule has 5 heterocycles. The highest BCUT2D eigenvalue weighted by Gasteiger charge is 2.74. The molecule has 3 fully saturated rings. The zero-order chi connectivity index (χ0) is 53.8. The molecule has 11 rings (SSSR count). The van der Waals surface area contributed by atoms with Gasteiger partial charge in [0.25, 0.3) is 0 Å². The highest BCUT2D eigenvalue weighted by molar-refractivity contribution is 6.40. The summed E-state index contributed by atoms with van der Waals surface area (Å²) in [7, 11) is 3.97. The maximum atomic E-state index is 13.6. The molecule has 2 aromatic carbocycles. The van der Waals surface area contributed by atoms with Crippen molar-refractivity contribution in [3.63, 3.8) is 0 Å². The number of piperidine rings is 2. The van der Waals surface area contributed by atoms with Crippen LogP contribution in [0.1, 0.15) is 93.7 Å². The summed E-state index contributed by atoms with van der Waals surface area (Å²) in [5, 5.41) is 72.8. The first-order valence-corrected chi connectivity index (χ1v) is 25.7. The summed E-state index contributed by atoms with van der Waals surface area (Å²) in [5.74, 6) is -4.47. The van der Waals surface area contributed by atoms with Crippen molar-refractivity contribution in [2.24, 2.45) is 0 Å². The first kappa shape index (κ1) is 54.4. The standard InChI is InChI=1S/C29H37NO9.C22H25NO9.CH2Cl2/c1-26(2,3)39-25(33)22-21(37-27(4,5)38-22)24(32)35-17-9-10-29(34)18-13-15-7-8-16(14-31)20-19(15)28(29,23(17)36-20)11-12-30(18)6;1-23-7-6-21-14-10-2-3-11(9-24)17(14)32-18(21)12(4-5-22(21,30)13(23)8-10)31-20(29)16(26)15(25)19(27)28;2-1-3/h7-9,18,21-23,31,34H,10-14H2,1-6H3;2-4,13,15-16,18,24-26,30H,5-9H2,1H3,(H,27,28);1H2/t18-,21-,22-,23+,28+,29-;13-,15-,16-,18+,21+,22-;/m11./s1. The molecule has 74 heavy (non-hydrogen) atoms. The summed E-state index contributed by atoms with van der Waals surface area (Å²) in [5.41, 5.74) is 0.0309. The van der Waals surface area contributed by atoms with Crippen molar-refractivity contribution in [2.45, 2.75) is 168 Å². The van der Waals surface area contributed by atoms with Crippen LogP contribution >= 0.6 is 23.2 Å².